The number of hydrogen-bond acceptors (Lipinski definition) is 2. The molecule has 0 saturated heterocycles. The number of Topliss-reactive ketones (excluding diaryl/α,β-unsaturated/α-hetero) is 1. The van der Waals surface area contributed by atoms with Gasteiger partial charge in [0.2, 0.25) is 0 Å². The van der Waals surface area contributed by atoms with Gasteiger partial charge in [0.15, 0.2) is 5.78 Å². The number of nitrogens with zero attached hydrogens (tertiary/aromatic N) is 1. The molecule has 98 valence electrons. The smallest absolute Gasteiger partial charge is 0.167 e. The molecule has 3 aromatic rings. The number of benzene rings is 2. The molecular weight excluding hydrogens is 246 g/mol. The third-order valence-electron chi connectivity index (χ3n) is 3.46. The van der Waals surface area contributed by atoms with Crippen LogP contribution in [0.15, 0.2) is 60.8 Å². The lowest BCUT2D eigenvalue weighted by Gasteiger charge is -2.06. The van der Waals surface area contributed by atoms with Crippen LogP contribution < -0.4 is 0 Å². The number of hydrogen-bond donors (Lipinski definition) is 0. The topological polar surface area (TPSA) is 30.0 Å². The highest BCUT2D eigenvalue weighted by Gasteiger charge is 2.09. The highest BCUT2D eigenvalue weighted by molar-refractivity contribution is 5.99. The summed E-state index contributed by atoms with van der Waals surface area (Å²) in [5.74, 6) is 0.140. The minimum atomic E-state index is 0.140. The molecule has 0 aliphatic rings. The molecule has 3 rings (SSSR count). The van der Waals surface area contributed by atoms with Gasteiger partial charge in [0.05, 0.1) is 5.52 Å². The van der Waals surface area contributed by atoms with E-state index in [-0.39, 0.29) is 5.78 Å². The molecule has 1 aromatic heterocycles. The van der Waals surface area contributed by atoms with Gasteiger partial charge in [-0.3, -0.25) is 9.78 Å². The van der Waals surface area contributed by atoms with Crippen molar-refractivity contribution >= 4 is 16.7 Å². The van der Waals surface area contributed by atoms with E-state index in [1.54, 1.807) is 6.20 Å². The van der Waals surface area contributed by atoms with Gasteiger partial charge in [-0.2, -0.15) is 0 Å². The third kappa shape index (κ3) is 2.45. The SMILES string of the molecule is Cc1ccc(C(=O)Cc2ccnc3ccccc23)cc1. The lowest BCUT2D eigenvalue weighted by Crippen LogP contribution is -2.04. The van der Waals surface area contributed by atoms with E-state index in [1.165, 1.54) is 0 Å². The molecule has 2 heteroatoms. The highest BCUT2D eigenvalue weighted by atomic mass is 16.1. The summed E-state index contributed by atoms with van der Waals surface area (Å²) < 4.78 is 0. The fraction of sp³-hybridized carbons (Fsp3) is 0.111. The minimum absolute atomic E-state index is 0.140. The molecule has 0 bridgehead atoms. The van der Waals surface area contributed by atoms with E-state index in [2.05, 4.69) is 4.98 Å². The molecule has 0 fully saturated rings. The molecule has 0 unspecified atom stereocenters. The Morgan fingerprint density at radius 2 is 1.75 bits per heavy atom. The van der Waals surface area contributed by atoms with E-state index in [0.29, 0.717) is 6.42 Å². The molecule has 20 heavy (non-hydrogen) atoms. The van der Waals surface area contributed by atoms with Crippen LogP contribution in [0.4, 0.5) is 0 Å². The molecule has 2 aromatic carbocycles. The Hall–Kier alpha value is -2.48. The van der Waals surface area contributed by atoms with Gasteiger partial charge in [0.25, 0.3) is 0 Å². The van der Waals surface area contributed by atoms with Crippen molar-refractivity contribution in [2.45, 2.75) is 13.3 Å². The average Bonchev–Trinajstić information content (AvgIpc) is 2.48. The molecule has 2 nitrogen and oxygen atoms in total. The normalized spacial score (nSPS) is 10.7. The Morgan fingerprint density at radius 1 is 1.00 bits per heavy atom. The fourth-order valence-corrected chi connectivity index (χ4v) is 2.32. The van der Waals surface area contributed by atoms with Gasteiger partial charge in [-0.25, -0.2) is 0 Å². The molecule has 0 aliphatic carbocycles. The maximum Gasteiger partial charge on any atom is 0.167 e. The van der Waals surface area contributed by atoms with E-state index in [0.717, 1.165) is 27.6 Å². The van der Waals surface area contributed by atoms with Crippen molar-refractivity contribution in [1.82, 2.24) is 4.98 Å². The Labute approximate surface area is 118 Å². The fourth-order valence-electron chi connectivity index (χ4n) is 2.32. The molecule has 0 amide bonds. The maximum absolute atomic E-state index is 12.3. The number of fused-ring (bicyclic) bond motifs is 1. The second kappa shape index (κ2) is 5.25. The van der Waals surface area contributed by atoms with Gasteiger partial charge >= 0.3 is 0 Å². The molecule has 0 atom stereocenters. The lowest BCUT2D eigenvalue weighted by atomic mass is 9.99. The second-order valence-electron chi connectivity index (χ2n) is 4.95. The van der Waals surface area contributed by atoms with Crippen LogP contribution in [0.3, 0.4) is 0 Å². The van der Waals surface area contributed by atoms with Crippen molar-refractivity contribution in [1.29, 1.82) is 0 Å². The predicted molar refractivity (Wildman–Crippen MR) is 81.0 cm³/mol. The third-order valence-corrected chi connectivity index (χ3v) is 3.46. The van der Waals surface area contributed by atoms with E-state index < -0.39 is 0 Å². The van der Waals surface area contributed by atoms with E-state index >= 15 is 0 Å². The van der Waals surface area contributed by atoms with E-state index in [9.17, 15) is 4.79 Å². The summed E-state index contributed by atoms with van der Waals surface area (Å²) in [5, 5.41) is 1.05. The first-order valence-electron chi connectivity index (χ1n) is 6.66. The molecule has 0 saturated carbocycles. The number of rotatable bonds is 3. The quantitative estimate of drug-likeness (QED) is 0.668. The Kier molecular flexibility index (Phi) is 3.30. The first-order chi connectivity index (χ1) is 9.74. The average molecular weight is 261 g/mol. The van der Waals surface area contributed by atoms with Crippen molar-refractivity contribution in [2.75, 3.05) is 0 Å². The van der Waals surface area contributed by atoms with Crippen LogP contribution in [0, 0.1) is 6.92 Å². The second-order valence-corrected chi connectivity index (χ2v) is 4.95. The summed E-state index contributed by atoms with van der Waals surface area (Å²) >= 11 is 0. The maximum atomic E-state index is 12.3. The Morgan fingerprint density at radius 3 is 2.55 bits per heavy atom. The zero-order valence-corrected chi connectivity index (χ0v) is 11.3. The molecule has 1 heterocycles. The summed E-state index contributed by atoms with van der Waals surface area (Å²) in [6.07, 6.45) is 2.17. The lowest BCUT2D eigenvalue weighted by molar-refractivity contribution is 0.0993. The standard InChI is InChI=1S/C18H15NO/c1-13-6-8-14(9-7-13)18(20)12-15-10-11-19-17-5-3-2-4-16(15)17/h2-11H,12H2,1H3. The van der Waals surface area contributed by atoms with Gasteiger partial charge < -0.3 is 0 Å². The van der Waals surface area contributed by atoms with Crippen LogP contribution in [-0.2, 0) is 6.42 Å². The van der Waals surface area contributed by atoms with Crippen LogP contribution in [0.25, 0.3) is 10.9 Å². The van der Waals surface area contributed by atoms with E-state index in [1.807, 2.05) is 61.5 Å². The van der Waals surface area contributed by atoms with Crippen molar-refractivity contribution in [2.24, 2.45) is 0 Å². The number of aryl methyl sites for hydroxylation is 1. The minimum Gasteiger partial charge on any atom is -0.294 e. The van der Waals surface area contributed by atoms with Crippen molar-refractivity contribution in [3.8, 4) is 0 Å². The van der Waals surface area contributed by atoms with Gasteiger partial charge in [-0.05, 0) is 24.6 Å². The molecule has 0 radical (unpaired) electrons. The Bertz CT molecular complexity index is 754. The van der Waals surface area contributed by atoms with Gasteiger partial charge in [0, 0.05) is 23.6 Å². The zero-order valence-electron chi connectivity index (χ0n) is 11.3. The number of pyridine rings is 1. The van der Waals surface area contributed by atoms with Crippen molar-refractivity contribution < 1.29 is 4.79 Å². The first-order valence-corrected chi connectivity index (χ1v) is 6.66. The summed E-state index contributed by atoms with van der Waals surface area (Å²) in [7, 11) is 0. The van der Waals surface area contributed by atoms with E-state index in [4.69, 9.17) is 0 Å². The van der Waals surface area contributed by atoms with Crippen molar-refractivity contribution in [3.05, 3.63) is 77.5 Å². The summed E-state index contributed by atoms with van der Waals surface area (Å²) in [6.45, 7) is 2.02. The summed E-state index contributed by atoms with van der Waals surface area (Å²) in [6, 6.07) is 17.6. The van der Waals surface area contributed by atoms with Crippen LogP contribution in [-0.4, -0.2) is 10.8 Å². The summed E-state index contributed by atoms with van der Waals surface area (Å²) in [4.78, 5) is 16.7. The van der Waals surface area contributed by atoms with Crippen LogP contribution >= 0.6 is 0 Å². The van der Waals surface area contributed by atoms with Crippen molar-refractivity contribution in [3.63, 3.8) is 0 Å². The van der Waals surface area contributed by atoms with Crippen LogP contribution in [0.5, 0.6) is 0 Å². The molecule has 0 N–H and O–H groups in total. The number of carbonyl (C=O) groups excluding carboxylic acids is 1. The molecule has 0 spiro atoms. The van der Waals surface area contributed by atoms with Gasteiger partial charge in [-0.1, -0.05) is 48.0 Å². The van der Waals surface area contributed by atoms with Gasteiger partial charge in [0.1, 0.15) is 0 Å². The first kappa shape index (κ1) is 12.5. The predicted octanol–water partition coefficient (Wildman–Crippen LogP) is 3.97. The van der Waals surface area contributed by atoms with Gasteiger partial charge in [-0.15, -0.1) is 0 Å². The number of ketones is 1. The monoisotopic (exact) mass is 261 g/mol. The zero-order chi connectivity index (χ0) is 13.9. The number of para-hydroxylation sites is 1. The van der Waals surface area contributed by atoms with Crippen LogP contribution in [0.1, 0.15) is 21.5 Å². The largest absolute Gasteiger partial charge is 0.294 e. The number of carbonyl (C=O) groups is 1. The number of aromatic nitrogens is 1. The summed E-state index contributed by atoms with van der Waals surface area (Å²) in [5.41, 5.74) is 3.88. The molecular formula is C18H15NO. The highest BCUT2D eigenvalue weighted by Crippen LogP contribution is 2.18. The van der Waals surface area contributed by atoms with Crippen LogP contribution in [0.2, 0.25) is 0 Å². The Balaban J connectivity index is 1.93. The molecule has 0 aliphatic heterocycles.